The van der Waals surface area contributed by atoms with Crippen LogP contribution in [0.4, 0.5) is 0 Å². The average Bonchev–Trinajstić information content (AvgIpc) is 3.21. The van der Waals surface area contributed by atoms with Gasteiger partial charge in [-0.25, -0.2) is 0 Å². The third kappa shape index (κ3) is 5.35. The van der Waals surface area contributed by atoms with Gasteiger partial charge in [-0.2, -0.15) is 0 Å². The van der Waals surface area contributed by atoms with Crippen LogP contribution in [0.1, 0.15) is 39.5 Å². The molecular weight excluding hydrogens is 520 g/mol. The highest BCUT2D eigenvalue weighted by Gasteiger charge is 2.32. The summed E-state index contributed by atoms with van der Waals surface area (Å²) in [5, 5.41) is 9.62. The average molecular weight is 551 g/mol. The van der Waals surface area contributed by atoms with Gasteiger partial charge < -0.3 is 28.7 Å². The molecule has 1 aliphatic carbocycles. The molecule has 0 heterocycles. The van der Waals surface area contributed by atoms with Crippen molar-refractivity contribution in [1.82, 2.24) is 4.90 Å². The number of aryl methyl sites for hydroxylation is 1. The molecule has 0 radical (unpaired) electrons. The van der Waals surface area contributed by atoms with Gasteiger partial charge in [0.15, 0.2) is 17.2 Å². The highest BCUT2D eigenvalue weighted by atomic mass is 16.9. The van der Waals surface area contributed by atoms with E-state index < -0.39 is 11.1 Å². The van der Waals surface area contributed by atoms with Crippen molar-refractivity contribution in [3.63, 3.8) is 0 Å². The second kappa shape index (κ2) is 11.9. The van der Waals surface area contributed by atoms with Crippen molar-refractivity contribution in [3.8, 4) is 34.1 Å². The van der Waals surface area contributed by atoms with Crippen molar-refractivity contribution in [2.45, 2.75) is 25.5 Å². The summed E-state index contributed by atoms with van der Waals surface area (Å²) >= 11 is 0. The van der Waals surface area contributed by atoms with E-state index in [-0.39, 0.29) is 23.7 Å². The third-order valence-corrected chi connectivity index (χ3v) is 7.01. The Balaban J connectivity index is 1.84. The van der Waals surface area contributed by atoms with Gasteiger partial charge in [-0.15, -0.1) is 10.1 Å². The molecule has 11 nitrogen and oxygen atoms in total. The maximum absolute atomic E-state index is 13.6. The number of hydrogen-bond acceptors (Lipinski definition) is 9. The quantitative estimate of drug-likeness (QED) is 0.284. The zero-order valence-electron chi connectivity index (χ0n) is 22.9. The summed E-state index contributed by atoms with van der Waals surface area (Å²) in [5.41, 5.74) is 3.59. The molecule has 0 spiro atoms. The number of ether oxygens (including phenoxy) is 4. The molecule has 0 unspecified atom stereocenters. The molecule has 0 saturated carbocycles. The SMILES string of the molecule is COc1cc2c(c(OC)c1OC)-c1ccc(OC)c(=O)cc1[C@@H](N(C)C(=O)c1ccc(CO[N+](=O)[O-])cc1)CC2. The molecule has 3 aromatic rings. The molecule has 1 atom stereocenters. The fourth-order valence-electron chi connectivity index (χ4n) is 5.06. The van der Waals surface area contributed by atoms with Gasteiger partial charge in [-0.3, -0.25) is 9.59 Å². The zero-order valence-corrected chi connectivity index (χ0v) is 22.9. The second-order valence-electron chi connectivity index (χ2n) is 9.12. The molecule has 4 rings (SSSR count). The Morgan fingerprint density at radius 2 is 1.62 bits per heavy atom. The highest BCUT2D eigenvalue weighted by Crippen LogP contribution is 2.50. The normalized spacial score (nSPS) is 13.7. The predicted molar refractivity (Wildman–Crippen MR) is 146 cm³/mol. The molecule has 0 aromatic heterocycles. The van der Waals surface area contributed by atoms with E-state index in [0.717, 1.165) is 11.1 Å². The van der Waals surface area contributed by atoms with Crippen molar-refractivity contribution in [3.05, 3.63) is 91.1 Å². The van der Waals surface area contributed by atoms with Crippen LogP contribution in [-0.4, -0.2) is 51.4 Å². The van der Waals surface area contributed by atoms with Gasteiger partial charge in [-0.05, 0) is 65.4 Å². The largest absolute Gasteiger partial charge is 0.493 e. The van der Waals surface area contributed by atoms with E-state index in [1.807, 2.05) is 6.07 Å². The summed E-state index contributed by atoms with van der Waals surface area (Å²) in [7, 11) is 7.73. The lowest BCUT2D eigenvalue weighted by Crippen LogP contribution is -2.31. The highest BCUT2D eigenvalue weighted by molar-refractivity contribution is 5.94. The van der Waals surface area contributed by atoms with Crippen LogP contribution in [0.3, 0.4) is 0 Å². The molecule has 1 aliphatic rings. The molecule has 0 aliphatic heterocycles. The Labute approximate surface area is 230 Å². The second-order valence-corrected chi connectivity index (χ2v) is 9.12. The first kappa shape index (κ1) is 28.2. The summed E-state index contributed by atoms with van der Waals surface area (Å²) in [5.74, 6) is 1.26. The Bertz CT molecular complexity index is 1490. The first-order chi connectivity index (χ1) is 19.2. The first-order valence-electron chi connectivity index (χ1n) is 12.4. The topological polar surface area (TPSA) is 127 Å². The van der Waals surface area contributed by atoms with Crippen LogP contribution in [0.15, 0.2) is 53.3 Å². The maximum atomic E-state index is 13.6. The fraction of sp³-hybridized carbons (Fsp3) is 0.310. The zero-order chi connectivity index (χ0) is 29.0. The van der Waals surface area contributed by atoms with Gasteiger partial charge in [-0.1, -0.05) is 18.2 Å². The Morgan fingerprint density at radius 1 is 0.950 bits per heavy atom. The Kier molecular flexibility index (Phi) is 8.42. The van der Waals surface area contributed by atoms with E-state index in [2.05, 4.69) is 4.84 Å². The van der Waals surface area contributed by atoms with Crippen LogP contribution in [0, 0.1) is 10.1 Å². The summed E-state index contributed by atoms with van der Waals surface area (Å²) in [6.45, 7) is -0.217. The summed E-state index contributed by atoms with van der Waals surface area (Å²) in [6.07, 6.45) is 1.05. The van der Waals surface area contributed by atoms with Crippen molar-refractivity contribution >= 4 is 5.91 Å². The van der Waals surface area contributed by atoms with E-state index in [9.17, 15) is 19.7 Å². The molecule has 11 heteroatoms. The van der Waals surface area contributed by atoms with Gasteiger partial charge in [0.05, 0.1) is 34.5 Å². The van der Waals surface area contributed by atoms with Gasteiger partial charge in [0.25, 0.3) is 11.0 Å². The molecule has 0 saturated heterocycles. The van der Waals surface area contributed by atoms with Crippen LogP contribution >= 0.6 is 0 Å². The van der Waals surface area contributed by atoms with Gasteiger partial charge in [0.1, 0.15) is 6.61 Å². The van der Waals surface area contributed by atoms with Gasteiger partial charge >= 0.3 is 0 Å². The van der Waals surface area contributed by atoms with Gasteiger partial charge in [0.2, 0.25) is 11.2 Å². The number of benzene rings is 2. The molecule has 40 heavy (non-hydrogen) atoms. The van der Waals surface area contributed by atoms with Crippen molar-refractivity contribution in [2.24, 2.45) is 0 Å². The monoisotopic (exact) mass is 550 g/mol. The summed E-state index contributed by atoms with van der Waals surface area (Å²) < 4.78 is 22.3. The van der Waals surface area contributed by atoms with Crippen molar-refractivity contribution < 1.29 is 33.7 Å². The fourth-order valence-corrected chi connectivity index (χ4v) is 5.06. The van der Waals surface area contributed by atoms with Crippen LogP contribution in [0.2, 0.25) is 0 Å². The summed E-state index contributed by atoms with van der Waals surface area (Å²) in [4.78, 5) is 43.3. The van der Waals surface area contributed by atoms with E-state index >= 15 is 0 Å². The third-order valence-electron chi connectivity index (χ3n) is 7.01. The van der Waals surface area contributed by atoms with Crippen molar-refractivity contribution in [2.75, 3.05) is 35.5 Å². The first-order valence-corrected chi connectivity index (χ1v) is 12.4. The Morgan fingerprint density at radius 3 is 2.23 bits per heavy atom. The molecule has 3 aromatic carbocycles. The van der Waals surface area contributed by atoms with Gasteiger partial charge in [0, 0.05) is 18.2 Å². The van der Waals surface area contributed by atoms with Crippen molar-refractivity contribution in [1.29, 1.82) is 0 Å². The molecule has 210 valence electrons. The smallest absolute Gasteiger partial charge is 0.294 e. The van der Waals surface area contributed by atoms with E-state index in [0.29, 0.717) is 52.3 Å². The lowest BCUT2D eigenvalue weighted by Gasteiger charge is -2.28. The van der Waals surface area contributed by atoms with E-state index in [1.54, 1.807) is 55.5 Å². The van der Waals surface area contributed by atoms with Crippen LogP contribution in [0.25, 0.3) is 11.1 Å². The minimum atomic E-state index is -0.867. The molecule has 0 bridgehead atoms. The number of nitrogens with zero attached hydrogens (tertiary/aromatic N) is 2. The number of fused-ring (bicyclic) bond motifs is 3. The predicted octanol–water partition coefficient (Wildman–Crippen LogP) is 4.22. The number of carbonyl (C=O) groups excluding carboxylic acids is 1. The van der Waals surface area contributed by atoms with Crippen LogP contribution in [0.5, 0.6) is 23.0 Å². The lowest BCUT2D eigenvalue weighted by molar-refractivity contribution is -0.763. The Hall–Kier alpha value is -4.80. The number of carbonyl (C=O) groups is 1. The van der Waals surface area contributed by atoms with E-state index in [4.69, 9.17) is 18.9 Å². The molecule has 0 N–H and O–H groups in total. The number of amides is 1. The molecule has 1 amide bonds. The summed E-state index contributed by atoms with van der Waals surface area (Å²) in [6, 6.07) is 12.7. The number of hydrogen-bond donors (Lipinski definition) is 0. The molecule has 0 fully saturated rings. The minimum absolute atomic E-state index is 0.161. The number of rotatable bonds is 9. The minimum Gasteiger partial charge on any atom is -0.493 e. The van der Waals surface area contributed by atoms with Crippen LogP contribution < -0.4 is 24.4 Å². The van der Waals surface area contributed by atoms with E-state index in [1.165, 1.54) is 27.4 Å². The maximum Gasteiger partial charge on any atom is 0.294 e. The standard InChI is InChI=1S/C29H30N2O9/c1-30(29(33)18-8-6-17(7-9-18)16-40-31(34)35)22-12-10-19-14-25(37-3)27(38-4)28(39-5)26(19)20-11-13-24(36-2)23(32)15-21(20)22/h6-9,11,13-15,22H,10,12,16H2,1-5H3/t22-/m0/s1. The number of methoxy groups -OCH3 is 4. The lowest BCUT2D eigenvalue weighted by atomic mass is 9.95. The van der Waals surface area contributed by atoms with Crippen LogP contribution in [-0.2, 0) is 17.9 Å². The molecular formula is C29H30N2O9.